The number of fused-ring (bicyclic) bond motifs is 2. The van der Waals surface area contributed by atoms with E-state index in [1.54, 1.807) is 22.3 Å². The third-order valence-electron chi connectivity index (χ3n) is 3.90. The van der Waals surface area contributed by atoms with Crippen molar-refractivity contribution < 1.29 is 0 Å². The Labute approximate surface area is 156 Å². The fourth-order valence-electron chi connectivity index (χ4n) is 2.69. The molecule has 0 radical (unpaired) electrons. The molecule has 2 aromatic carbocycles. The Morgan fingerprint density at radius 1 is 0.962 bits per heavy atom. The average molecular weight is 376 g/mol. The fourth-order valence-corrected chi connectivity index (χ4v) is 4.69. The van der Waals surface area contributed by atoms with Crippen molar-refractivity contribution in [3.8, 4) is 0 Å². The number of nitrogens with zero attached hydrogens (tertiary/aromatic N) is 6. The van der Waals surface area contributed by atoms with Gasteiger partial charge >= 0.3 is 0 Å². The lowest BCUT2D eigenvalue weighted by molar-refractivity contribution is 0.664. The van der Waals surface area contributed by atoms with E-state index in [-0.39, 0.29) is 0 Å². The quantitative estimate of drug-likeness (QED) is 0.441. The second-order valence-corrected chi connectivity index (χ2v) is 7.90. The van der Waals surface area contributed by atoms with Crippen molar-refractivity contribution >= 4 is 44.5 Å². The molecule has 0 aliphatic carbocycles. The molecule has 26 heavy (non-hydrogen) atoms. The summed E-state index contributed by atoms with van der Waals surface area (Å²) < 4.78 is 3.89. The van der Waals surface area contributed by atoms with E-state index in [4.69, 9.17) is 0 Å². The van der Waals surface area contributed by atoms with Crippen molar-refractivity contribution in [1.29, 1.82) is 0 Å². The third-order valence-corrected chi connectivity index (χ3v) is 5.99. The van der Waals surface area contributed by atoms with Crippen LogP contribution in [-0.2, 0) is 6.54 Å². The van der Waals surface area contributed by atoms with Gasteiger partial charge in [0.05, 0.1) is 16.8 Å². The van der Waals surface area contributed by atoms with Crippen molar-refractivity contribution in [2.45, 2.75) is 15.9 Å². The van der Waals surface area contributed by atoms with Gasteiger partial charge in [-0.2, -0.15) is 0 Å². The number of rotatable bonds is 4. The molecule has 0 saturated heterocycles. The summed E-state index contributed by atoms with van der Waals surface area (Å²) in [5.41, 5.74) is 3.58. The van der Waals surface area contributed by atoms with Gasteiger partial charge in [0, 0.05) is 0 Å². The first-order chi connectivity index (χ1) is 12.9. The number of thiazole rings is 1. The number of aromatic nitrogens is 6. The fraction of sp³-hybridized carbons (Fsp3) is 0.0556. The minimum absolute atomic E-state index is 0.625. The molecule has 0 bridgehead atoms. The maximum Gasteiger partial charge on any atom is 0.183 e. The van der Waals surface area contributed by atoms with Gasteiger partial charge in [0.1, 0.15) is 11.4 Å². The molecule has 0 unspecified atom stereocenters. The molecular weight excluding hydrogens is 364 g/mol. The number of para-hydroxylation sites is 1. The highest BCUT2D eigenvalue weighted by Crippen LogP contribution is 2.35. The molecule has 3 heterocycles. The molecule has 3 aromatic heterocycles. The summed E-state index contributed by atoms with van der Waals surface area (Å²) in [5, 5.41) is 9.35. The van der Waals surface area contributed by atoms with E-state index in [0.717, 1.165) is 30.8 Å². The summed E-state index contributed by atoms with van der Waals surface area (Å²) in [6.45, 7) is 0.625. The van der Waals surface area contributed by atoms with Crippen molar-refractivity contribution in [3.05, 3.63) is 66.5 Å². The van der Waals surface area contributed by atoms with Gasteiger partial charge in [0.25, 0.3) is 0 Å². The van der Waals surface area contributed by atoms with Crippen molar-refractivity contribution in [3.63, 3.8) is 0 Å². The molecule has 0 spiro atoms. The average Bonchev–Trinajstić information content (AvgIpc) is 3.27. The highest BCUT2D eigenvalue weighted by atomic mass is 32.2. The smallest absolute Gasteiger partial charge is 0.183 e. The maximum absolute atomic E-state index is 4.66. The van der Waals surface area contributed by atoms with E-state index in [2.05, 4.69) is 43.5 Å². The maximum atomic E-state index is 4.66. The first-order valence-corrected chi connectivity index (χ1v) is 9.62. The van der Waals surface area contributed by atoms with E-state index in [1.807, 2.05) is 36.4 Å². The Balaban J connectivity index is 1.50. The number of benzene rings is 2. The monoisotopic (exact) mass is 376 g/mol. The normalized spacial score (nSPS) is 11.4. The van der Waals surface area contributed by atoms with Crippen LogP contribution >= 0.6 is 23.1 Å². The molecule has 8 heteroatoms. The Hall–Kier alpha value is -2.84. The highest BCUT2D eigenvalue weighted by molar-refractivity contribution is 8.01. The zero-order valence-corrected chi connectivity index (χ0v) is 15.1. The standard InChI is InChI=1S/C18H12N6S2/c1-2-6-12(7-3-1)10-24-16-15(22-23-24)17(20-11-19-16)26-18-21-13-8-4-5-9-14(13)25-18/h1-9,11H,10H2. The van der Waals surface area contributed by atoms with Gasteiger partial charge in [-0.25, -0.2) is 19.6 Å². The molecular formula is C18H12N6S2. The second kappa shape index (κ2) is 6.47. The van der Waals surface area contributed by atoms with Gasteiger partial charge < -0.3 is 0 Å². The van der Waals surface area contributed by atoms with E-state index < -0.39 is 0 Å². The molecule has 0 aliphatic rings. The van der Waals surface area contributed by atoms with Crippen LogP contribution in [0.15, 0.2) is 70.3 Å². The first-order valence-electron chi connectivity index (χ1n) is 7.98. The zero-order valence-electron chi connectivity index (χ0n) is 13.5. The Morgan fingerprint density at radius 3 is 2.69 bits per heavy atom. The molecule has 5 rings (SSSR count). The molecule has 5 aromatic rings. The molecule has 0 saturated carbocycles. The zero-order chi connectivity index (χ0) is 17.3. The number of hydrogen-bond donors (Lipinski definition) is 0. The van der Waals surface area contributed by atoms with Crippen LogP contribution in [0.4, 0.5) is 0 Å². The summed E-state index contributed by atoms with van der Waals surface area (Å²) in [7, 11) is 0. The van der Waals surface area contributed by atoms with Crippen LogP contribution in [0.3, 0.4) is 0 Å². The topological polar surface area (TPSA) is 69.4 Å². The SMILES string of the molecule is c1ccc(Cn2nnc3c(Sc4nc5ccccc5s4)ncnc32)cc1. The summed E-state index contributed by atoms with van der Waals surface area (Å²) in [6.07, 6.45) is 1.56. The van der Waals surface area contributed by atoms with Crippen LogP contribution in [0, 0.1) is 0 Å². The molecule has 0 amide bonds. The van der Waals surface area contributed by atoms with Gasteiger partial charge in [0.15, 0.2) is 15.5 Å². The van der Waals surface area contributed by atoms with Crippen molar-refractivity contribution in [2.24, 2.45) is 0 Å². The van der Waals surface area contributed by atoms with Crippen molar-refractivity contribution in [1.82, 2.24) is 29.9 Å². The minimum Gasteiger partial charge on any atom is -0.229 e. The summed E-state index contributed by atoms with van der Waals surface area (Å²) in [4.78, 5) is 13.4. The Bertz CT molecular complexity index is 1170. The van der Waals surface area contributed by atoms with E-state index in [9.17, 15) is 0 Å². The van der Waals surface area contributed by atoms with E-state index in [0.29, 0.717) is 12.1 Å². The molecule has 0 fully saturated rings. The number of hydrogen-bond acceptors (Lipinski definition) is 7. The largest absolute Gasteiger partial charge is 0.229 e. The van der Waals surface area contributed by atoms with Crippen LogP contribution in [0.5, 0.6) is 0 Å². The van der Waals surface area contributed by atoms with Gasteiger partial charge in [-0.15, -0.1) is 16.4 Å². The Morgan fingerprint density at radius 2 is 1.81 bits per heavy atom. The van der Waals surface area contributed by atoms with Gasteiger partial charge in [-0.05, 0) is 29.5 Å². The molecule has 0 aliphatic heterocycles. The van der Waals surface area contributed by atoms with Crippen molar-refractivity contribution in [2.75, 3.05) is 0 Å². The second-order valence-electron chi connectivity index (χ2n) is 5.63. The van der Waals surface area contributed by atoms with E-state index in [1.165, 1.54) is 11.8 Å². The first kappa shape index (κ1) is 15.4. The summed E-state index contributed by atoms with van der Waals surface area (Å²) in [6, 6.07) is 18.2. The van der Waals surface area contributed by atoms with Crippen LogP contribution < -0.4 is 0 Å². The Kier molecular flexibility index (Phi) is 3.84. The van der Waals surface area contributed by atoms with Gasteiger partial charge in [0.2, 0.25) is 0 Å². The predicted molar refractivity (Wildman–Crippen MR) is 102 cm³/mol. The lowest BCUT2D eigenvalue weighted by Gasteiger charge is -2.02. The van der Waals surface area contributed by atoms with Crippen LogP contribution in [0.25, 0.3) is 21.4 Å². The van der Waals surface area contributed by atoms with Gasteiger partial charge in [-0.3, -0.25) is 0 Å². The van der Waals surface area contributed by atoms with Gasteiger partial charge in [-0.1, -0.05) is 47.7 Å². The molecule has 0 atom stereocenters. The molecule has 0 N–H and O–H groups in total. The van der Waals surface area contributed by atoms with Crippen LogP contribution in [-0.4, -0.2) is 29.9 Å². The predicted octanol–water partition coefficient (Wildman–Crippen LogP) is 4.03. The summed E-state index contributed by atoms with van der Waals surface area (Å²) >= 11 is 3.15. The summed E-state index contributed by atoms with van der Waals surface area (Å²) in [5.74, 6) is 0. The molecule has 126 valence electrons. The lowest BCUT2D eigenvalue weighted by Crippen LogP contribution is -2.02. The van der Waals surface area contributed by atoms with Crippen LogP contribution in [0.1, 0.15) is 5.56 Å². The lowest BCUT2D eigenvalue weighted by atomic mass is 10.2. The molecule has 6 nitrogen and oxygen atoms in total. The van der Waals surface area contributed by atoms with E-state index >= 15 is 0 Å². The third kappa shape index (κ3) is 2.83. The minimum atomic E-state index is 0.625. The highest BCUT2D eigenvalue weighted by Gasteiger charge is 2.15. The van der Waals surface area contributed by atoms with Crippen LogP contribution in [0.2, 0.25) is 0 Å².